The molecule has 0 radical (unpaired) electrons. The molecule has 0 saturated heterocycles. The van der Waals surface area contributed by atoms with Gasteiger partial charge in [0, 0.05) is 23.5 Å². The average molecular weight is 238 g/mol. The largest absolute Gasteiger partial charge is 0.398 e. The maximum absolute atomic E-state index is 5.92. The first-order chi connectivity index (χ1) is 8.77. The van der Waals surface area contributed by atoms with Crippen molar-refractivity contribution in [1.29, 1.82) is 0 Å². The molecule has 0 bridgehead atoms. The van der Waals surface area contributed by atoms with Crippen LogP contribution in [0.25, 0.3) is 0 Å². The fourth-order valence-corrected chi connectivity index (χ4v) is 1.91. The normalized spacial score (nSPS) is 11.5. The number of nitrogen functional groups attached to an aromatic ring is 1. The quantitative estimate of drug-likeness (QED) is 0.644. The van der Waals surface area contributed by atoms with Crippen molar-refractivity contribution in [2.24, 2.45) is 4.99 Å². The summed E-state index contributed by atoms with van der Waals surface area (Å²) in [5, 5.41) is 0. The molecule has 0 unspecified atom stereocenters. The average Bonchev–Trinajstić information content (AvgIpc) is 2.40. The van der Waals surface area contributed by atoms with Crippen molar-refractivity contribution >= 4 is 11.4 Å². The van der Waals surface area contributed by atoms with E-state index in [4.69, 9.17) is 5.73 Å². The maximum atomic E-state index is 5.92. The molecule has 2 aromatic carbocycles. The zero-order valence-electron chi connectivity index (χ0n) is 10.6. The summed E-state index contributed by atoms with van der Waals surface area (Å²) in [7, 11) is 0. The van der Waals surface area contributed by atoms with E-state index in [1.165, 1.54) is 5.56 Å². The van der Waals surface area contributed by atoms with Gasteiger partial charge in [-0.05, 0) is 25.0 Å². The Balaban J connectivity index is 2.00. The van der Waals surface area contributed by atoms with Crippen LogP contribution in [0.4, 0.5) is 5.69 Å². The molecular formula is C16H18N2. The van der Waals surface area contributed by atoms with E-state index in [1.54, 1.807) is 0 Å². The summed E-state index contributed by atoms with van der Waals surface area (Å²) in [6.45, 7) is 2.81. The summed E-state index contributed by atoms with van der Waals surface area (Å²) in [5.74, 6) is 0. The molecule has 0 aliphatic carbocycles. The van der Waals surface area contributed by atoms with Gasteiger partial charge in [-0.2, -0.15) is 0 Å². The highest BCUT2D eigenvalue weighted by atomic mass is 14.7. The molecule has 2 N–H and O–H groups in total. The van der Waals surface area contributed by atoms with Gasteiger partial charge < -0.3 is 5.73 Å². The number of nitrogens with two attached hydrogens (primary N) is 1. The molecule has 0 aromatic heterocycles. The van der Waals surface area contributed by atoms with Crippen molar-refractivity contribution in [3.63, 3.8) is 0 Å². The van der Waals surface area contributed by atoms with Crippen LogP contribution in [-0.4, -0.2) is 12.3 Å². The van der Waals surface area contributed by atoms with Gasteiger partial charge in [0.25, 0.3) is 0 Å². The third kappa shape index (κ3) is 3.20. The van der Waals surface area contributed by atoms with E-state index in [0.717, 1.165) is 29.9 Å². The Morgan fingerprint density at radius 1 is 1.00 bits per heavy atom. The first-order valence-corrected chi connectivity index (χ1v) is 6.17. The number of benzene rings is 2. The molecule has 2 rings (SSSR count). The second kappa shape index (κ2) is 6.01. The molecule has 0 saturated carbocycles. The molecule has 0 spiro atoms. The molecule has 2 heteroatoms. The minimum atomic E-state index is 0.790. The highest BCUT2D eigenvalue weighted by Gasteiger charge is 2.00. The van der Waals surface area contributed by atoms with Crippen LogP contribution in [0.1, 0.15) is 18.1 Å². The van der Waals surface area contributed by atoms with E-state index in [9.17, 15) is 0 Å². The number of rotatable bonds is 4. The molecule has 0 aliphatic heterocycles. The molecule has 0 heterocycles. The van der Waals surface area contributed by atoms with E-state index in [-0.39, 0.29) is 0 Å². The van der Waals surface area contributed by atoms with Gasteiger partial charge in [-0.15, -0.1) is 0 Å². The summed E-state index contributed by atoms with van der Waals surface area (Å²) in [5.41, 5.74) is 10.1. The summed E-state index contributed by atoms with van der Waals surface area (Å²) < 4.78 is 0. The lowest BCUT2D eigenvalue weighted by molar-refractivity contribution is 0.967. The molecule has 0 fully saturated rings. The van der Waals surface area contributed by atoms with Crippen LogP contribution in [0.2, 0.25) is 0 Å². The van der Waals surface area contributed by atoms with Gasteiger partial charge in [-0.3, -0.25) is 4.99 Å². The molecule has 2 aromatic rings. The summed E-state index contributed by atoms with van der Waals surface area (Å²) in [6, 6.07) is 18.2. The standard InChI is InChI=1S/C16H18N2/c1-13(15-9-5-6-10-16(15)17)18-12-11-14-7-3-2-4-8-14/h2-10H,11-12,17H2,1H3. The van der Waals surface area contributed by atoms with E-state index in [1.807, 2.05) is 37.3 Å². The lowest BCUT2D eigenvalue weighted by atomic mass is 10.1. The number of aliphatic imine (C=N–C) groups is 1. The van der Waals surface area contributed by atoms with E-state index in [0.29, 0.717) is 0 Å². The first-order valence-electron chi connectivity index (χ1n) is 6.17. The van der Waals surface area contributed by atoms with Crippen molar-refractivity contribution in [1.82, 2.24) is 0 Å². The van der Waals surface area contributed by atoms with Crippen LogP contribution in [0, 0.1) is 0 Å². The number of anilines is 1. The molecule has 2 nitrogen and oxygen atoms in total. The smallest absolute Gasteiger partial charge is 0.0433 e. The van der Waals surface area contributed by atoms with Gasteiger partial charge in [-0.25, -0.2) is 0 Å². The molecule has 92 valence electrons. The van der Waals surface area contributed by atoms with E-state index >= 15 is 0 Å². The monoisotopic (exact) mass is 238 g/mol. The highest BCUT2D eigenvalue weighted by Crippen LogP contribution is 2.11. The summed E-state index contributed by atoms with van der Waals surface area (Å²) >= 11 is 0. The topological polar surface area (TPSA) is 38.4 Å². The van der Waals surface area contributed by atoms with Gasteiger partial charge in [0.2, 0.25) is 0 Å². The molecule has 0 amide bonds. The van der Waals surface area contributed by atoms with Crippen molar-refractivity contribution in [3.05, 3.63) is 65.7 Å². The third-order valence-corrected chi connectivity index (χ3v) is 2.94. The van der Waals surface area contributed by atoms with Crippen LogP contribution in [0.15, 0.2) is 59.6 Å². The van der Waals surface area contributed by atoms with Crippen LogP contribution in [0.5, 0.6) is 0 Å². The van der Waals surface area contributed by atoms with Crippen molar-refractivity contribution in [2.45, 2.75) is 13.3 Å². The molecule has 18 heavy (non-hydrogen) atoms. The lowest BCUT2D eigenvalue weighted by Crippen LogP contribution is -2.02. The van der Waals surface area contributed by atoms with Crippen molar-refractivity contribution in [3.8, 4) is 0 Å². The molecule has 0 atom stereocenters. The second-order valence-corrected chi connectivity index (χ2v) is 4.29. The lowest BCUT2D eigenvalue weighted by Gasteiger charge is -2.05. The Morgan fingerprint density at radius 2 is 1.67 bits per heavy atom. The van der Waals surface area contributed by atoms with Gasteiger partial charge in [-0.1, -0.05) is 48.5 Å². The molecule has 0 aliphatic rings. The van der Waals surface area contributed by atoms with Gasteiger partial charge in [0.15, 0.2) is 0 Å². The predicted molar refractivity (Wildman–Crippen MR) is 78.1 cm³/mol. The Bertz CT molecular complexity index is 530. The van der Waals surface area contributed by atoms with Crippen molar-refractivity contribution in [2.75, 3.05) is 12.3 Å². The summed E-state index contributed by atoms with van der Waals surface area (Å²) in [4.78, 5) is 4.59. The van der Waals surface area contributed by atoms with Crippen LogP contribution < -0.4 is 5.73 Å². The first kappa shape index (κ1) is 12.4. The number of para-hydroxylation sites is 1. The van der Waals surface area contributed by atoms with Crippen molar-refractivity contribution < 1.29 is 0 Å². The number of hydrogen-bond donors (Lipinski definition) is 1. The Kier molecular flexibility index (Phi) is 4.13. The van der Waals surface area contributed by atoms with Gasteiger partial charge in [0.05, 0.1) is 0 Å². The minimum absolute atomic E-state index is 0.790. The van der Waals surface area contributed by atoms with E-state index in [2.05, 4.69) is 29.3 Å². The zero-order valence-corrected chi connectivity index (χ0v) is 10.6. The zero-order chi connectivity index (χ0) is 12.8. The Labute approximate surface area is 108 Å². The third-order valence-electron chi connectivity index (χ3n) is 2.94. The maximum Gasteiger partial charge on any atom is 0.0433 e. The number of hydrogen-bond acceptors (Lipinski definition) is 2. The SMILES string of the molecule is CC(=NCCc1ccccc1)c1ccccc1N. The number of nitrogens with zero attached hydrogens (tertiary/aromatic N) is 1. The second-order valence-electron chi connectivity index (χ2n) is 4.29. The van der Waals surface area contributed by atoms with Crippen LogP contribution in [0.3, 0.4) is 0 Å². The van der Waals surface area contributed by atoms with E-state index < -0.39 is 0 Å². The molecular weight excluding hydrogens is 220 g/mol. The summed E-state index contributed by atoms with van der Waals surface area (Å²) in [6.07, 6.45) is 0.963. The van der Waals surface area contributed by atoms with Crippen LogP contribution >= 0.6 is 0 Å². The van der Waals surface area contributed by atoms with Gasteiger partial charge in [0.1, 0.15) is 0 Å². The van der Waals surface area contributed by atoms with Crippen LogP contribution in [-0.2, 0) is 6.42 Å². The fraction of sp³-hybridized carbons (Fsp3) is 0.188. The minimum Gasteiger partial charge on any atom is -0.398 e. The predicted octanol–water partition coefficient (Wildman–Crippen LogP) is 3.32. The fourth-order valence-electron chi connectivity index (χ4n) is 1.91. The Hall–Kier alpha value is -2.09. The Morgan fingerprint density at radius 3 is 2.39 bits per heavy atom. The highest BCUT2D eigenvalue weighted by molar-refractivity contribution is 6.02. The van der Waals surface area contributed by atoms with Gasteiger partial charge >= 0.3 is 0 Å².